The fourth-order valence-corrected chi connectivity index (χ4v) is 1.29. The zero-order valence-corrected chi connectivity index (χ0v) is 9.42. The van der Waals surface area contributed by atoms with Gasteiger partial charge in [-0.25, -0.2) is 4.86 Å². The number of hydrogen-bond acceptors (Lipinski definition) is 3. The molecule has 0 fully saturated rings. The molecule has 0 aliphatic rings. The average Bonchev–Trinajstić information content (AvgIpc) is 2.20. The van der Waals surface area contributed by atoms with E-state index in [0.717, 1.165) is 0 Å². The Kier molecular flexibility index (Phi) is 8.81. The average molecular weight is 249 g/mol. The number of quaternary nitrogens is 1. The molecule has 0 aliphatic carbocycles. The predicted octanol–water partition coefficient (Wildman–Crippen LogP) is 1.65. The summed E-state index contributed by atoms with van der Waals surface area (Å²) in [6.07, 6.45) is 0.469. The highest BCUT2D eigenvalue weighted by Crippen LogP contribution is 2.37. The first-order chi connectivity index (χ1) is 7.20. The van der Waals surface area contributed by atoms with Gasteiger partial charge in [0, 0.05) is 19.3 Å². The summed E-state index contributed by atoms with van der Waals surface area (Å²) in [5, 5.41) is 12.7. The zero-order chi connectivity index (χ0) is 13.4. The van der Waals surface area contributed by atoms with Crippen molar-refractivity contribution in [1.29, 1.82) is 0 Å². The predicted molar refractivity (Wildman–Crippen MR) is 47.4 cm³/mol. The monoisotopic (exact) mass is 249 g/mol. The lowest BCUT2D eigenvalue weighted by molar-refractivity contribution is -1.30. The molecule has 0 saturated carbocycles. The molecule has 9 heteroatoms. The van der Waals surface area contributed by atoms with Gasteiger partial charge in [-0.2, -0.15) is 0 Å². The van der Waals surface area contributed by atoms with Crippen molar-refractivity contribution in [2.24, 2.45) is 0 Å². The Balaban J connectivity index is 0. The van der Waals surface area contributed by atoms with E-state index in [-0.39, 0.29) is 19.3 Å². The van der Waals surface area contributed by atoms with E-state index >= 15 is 0 Å². The van der Waals surface area contributed by atoms with Gasteiger partial charge in [-0.05, 0) is 0 Å². The van der Waals surface area contributed by atoms with Crippen LogP contribution in [0.4, 0.5) is 18.0 Å². The minimum absolute atomic E-state index is 0.156. The van der Waals surface area contributed by atoms with Crippen molar-refractivity contribution in [2.45, 2.75) is 45.6 Å². The molecule has 0 aromatic rings. The van der Waals surface area contributed by atoms with Crippen molar-refractivity contribution in [3.8, 4) is 0 Å². The van der Waals surface area contributed by atoms with Gasteiger partial charge in [0.25, 0.3) is 0 Å². The van der Waals surface area contributed by atoms with Crippen LogP contribution in [0.1, 0.15) is 40.0 Å². The Morgan fingerprint density at radius 3 is 1.44 bits per heavy atom. The summed E-state index contributed by atoms with van der Waals surface area (Å²) in [6, 6.07) is 0. The molecule has 98 valence electrons. The zero-order valence-electron chi connectivity index (χ0n) is 9.42. The molecule has 0 amide bonds. The maximum absolute atomic E-state index is 12.3. The van der Waals surface area contributed by atoms with E-state index in [9.17, 15) is 18.0 Å². The molecule has 0 unspecified atom stereocenters. The van der Waals surface area contributed by atoms with Crippen LogP contribution in [0.15, 0.2) is 0 Å². The summed E-state index contributed by atoms with van der Waals surface area (Å²) < 4.78 is 47.0. The molecule has 0 aromatic heterocycles. The SMILES string of the molecule is CCC(CC)(CC)[N+](F)(F)F.[O-]B(O)OF. The first-order valence-electron chi connectivity index (χ1n) is 4.80. The normalized spacial score (nSPS) is 11.8. The summed E-state index contributed by atoms with van der Waals surface area (Å²) >= 11 is 0. The van der Waals surface area contributed by atoms with Crippen molar-refractivity contribution < 1.29 is 38.0 Å². The van der Waals surface area contributed by atoms with E-state index < -0.39 is 18.0 Å². The van der Waals surface area contributed by atoms with Crippen molar-refractivity contribution in [3.05, 3.63) is 0 Å². The highest BCUT2D eigenvalue weighted by molar-refractivity contribution is 6.30. The molecular formula is C7H16BF4NO3. The van der Waals surface area contributed by atoms with Gasteiger partial charge in [0.2, 0.25) is 10.7 Å². The third-order valence-corrected chi connectivity index (χ3v) is 2.59. The van der Waals surface area contributed by atoms with E-state index in [1.807, 2.05) is 0 Å². The molecule has 1 N–H and O–H groups in total. The summed E-state index contributed by atoms with van der Waals surface area (Å²) in [7, 11) is -2.53. The Labute approximate surface area is 91.9 Å². The molecule has 0 bridgehead atoms. The number of rotatable bonds is 5. The Bertz CT molecular complexity index is 167. The third-order valence-electron chi connectivity index (χ3n) is 2.59. The fourth-order valence-electron chi connectivity index (χ4n) is 1.29. The lowest BCUT2D eigenvalue weighted by atomic mass is 9.91. The Morgan fingerprint density at radius 2 is 1.44 bits per heavy atom. The molecule has 0 heterocycles. The summed E-state index contributed by atoms with van der Waals surface area (Å²) in [6.45, 7) is 4.75. The largest absolute Gasteiger partial charge is 0.830 e. The summed E-state index contributed by atoms with van der Waals surface area (Å²) in [5.41, 5.74) is -1.50. The van der Waals surface area contributed by atoms with Crippen LogP contribution < -0.4 is 5.02 Å². The molecular weight excluding hydrogens is 233 g/mol. The Hall–Kier alpha value is -0.375. The van der Waals surface area contributed by atoms with Gasteiger partial charge in [-0.1, -0.05) is 25.3 Å². The van der Waals surface area contributed by atoms with Crippen molar-refractivity contribution in [1.82, 2.24) is 0 Å². The quantitative estimate of drug-likeness (QED) is 0.458. The minimum atomic E-state index is -3.41. The topological polar surface area (TPSA) is 52.5 Å². The van der Waals surface area contributed by atoms with E-state index in [1.165, 1.54) is 0 Å². The third kappa shape index (κ3) is 5.64. The standard InChI is InChI=1S/C7H15F3N.BFHO3/c1-4-7(5-2,6-3)11(8,9)10;2-5-1(3)4/h4-6H2,1-3H3;3H/q+1;-1. The van der Waals surface area contributed by atoms with E-state index in [4.69, 9.17) is 10.0 Å². The summed E-state index contributed by atoms with van der Waals surface area (Å²) in [5.74, 6) is 0. The van der Waals surface area contributed by atoms with Crippen LogP contribution in [0.25, 0.3) is 0 Å². The number of halogens is 4. The lowest BCUT2D eigenvalue weighted by Gasteiger charge is -2.25. The van der Waals surface area contributed by atoms with Crippen LogP contribution in [0, 0.1) is 0 Å². The van der Waals surface area contributed by atoms with Crippen molar-refractivity contribution in [2.75, 3.05) is 0 Å². The molecule has 0 spiro atoms. The molecule has 0 radical (unpaired) electrons. The minimum Gasteiger partial charge on any atom is -0.830 e. The van der Waals surface area contributed by atoms with Crippen LogP contribution >= 0.6 is 0 Å². The highest BCUT2D eigenvalue weighted by atomic mass is 19.6. The molecule has 0 rings (SSSR count). The second kappa shape index (κ2) is 7.83. The maximum Gasteiger partial charge on any atom is 0.394 e. The number of nitrogens with zero attached hydrogens (tertiary/aromatic N) is 1. The maximum atomic E-state index is 12.3. The summed E-state index contributed by atoms with van der Waals surface area (Å²) in [4.78, 5) is 2.25. The van der Waals surface area contributed by atoms with Gasteiger partial charge in [0.05, 0.1) is 13.4 Å². The Morgan fingerprint density at radius 1 is 1.19 bits per heavy atom. The lowest BCUT2D eigenvalue weighted by Crippen LogP contribution is -2.47. The molecule has 16 heavy (non-hydrogen) atoms. The second-order valence-corrected chi connectivity index (χ2v) is 3.13. The van der Waals surface area contributed by atoms with Gasteiger partial charge in [-0.3, -0.25) is 0 Å². The molecule has 0 atom stereocenters. The van der Waals surface area contributed by atoms with Gasteiger partial charge in [0.15, 0.2) is 0 Å². The van der Waals surface area contributed by atoms with E-state index in [2.05, 4.69) is 4.86 Å². The van der Waals surface area contributed by atoms with Crippen LogP contribution in [0.5, 0.6) is 0 Å². The second-order valence-electron chi connectivity index (χ2n) is 3.13. The first-order valence-corrected chi connectivity index (χ1v) is 4.80. The van der Waals surface area contributed by atoms with E-state index in [1.54, 1.807) is 20.8 Å². The van der Waals surface area contributed by atoms with Crippen LogP contribution in [-0.2, 0) is 4.86 Å². The molecule has 0 saturated heterocycles. The van der Waals surface area contributed by atoms with Gasteiger partial charge >= 0.3 is 7.32 Å². The first kappa shape index (κ1) is 18.0. The fraction of sp³-hybridized carbons (Fsp3) is 1.00. The molecule has 0 aliphatic heterocycles. The van der Waals surface area contributed by atoms with Gasteiger partial charge in [-0.15, -0.1) is 0 Å². The van der Waals surface area contributed by atoms with E-state index in [0.29, 0.717) is 0 Å². The van der Waals surface area contributed by atoms with Crippen LogP contribution in [0.3, 0.4) is 0 Å². The van der Waals surface area contributed by atoms with Crippen LogP contribution in [0.2, 0.25) is 0 Å². The highest BCUT2D eigenvalue weighted by Gasteiger charge is 2.55. The van der Waals surface area contributed by atoms with Gasteiger partial charge < -0.3 is 10.0 Å². The smallest absolute Gasteiger partial charge is 0.394 e. The van der Waals surface area contributed by atoms with Gasteiger partial charge in [0.1, 0.15) is 0 Å². The molecule has 0 aromatic carbocycles. The number of hydrogen-bond donors (Lipinski definition) is 1. The molecule has 4 nitrogen and oxygen atoms in total. The van der Waals surface area contributed by atoms with Crippen molar-refractivity contribution in [3.63, 3.8) is 0 Å². The van der Waals surface area contributed by atoms with Crippen molar-refractivity contribution >= 4 is 7.32 Å². The van der Waals surface area contributed by atoms with Crippen LogP contribution in [-0.4, -0.2) is 23.0 Å².